The molecule has 5 N–H and O–H groups in total. The van der Waals surface area contributed by atoms with Crippen LogP contribution >= 0.6 is 0 Å². The Bertz CT molecular complexity index is 316. The van der Waals surface area contributed by atoms with Crippen LogP contribution in [0.2, 0.25) is 0 Å². The lowest BCUT2D eigenvalue weighted by atomic mass is 9.81. The van der Waals surface area contributed by atoms with E-state index in [-0.39, 0.29) is 23.7 Å². The summed E-state index contributed by atoms with van der Waals surface area (Å²) in [6.07, 6.45) is 4.64. The van der Waals surface area contributed by atoms with Crippen molar-refractivity contribution in [2.75, 3.05) is 39.6 Å². The van der Waals surface area contributed by atoms with Crippen molar-refractivity contribution in [3.05, 3.63) is 0 Å². The van der Waals surface area contributed by atoms with Gasteiger partial charge in [-0.3, -0.25) is 0 Å². The number of rotatable bonds is 18. The van der Waals surface area contributed by atoms with Crippen molar-refractivity contribution in [3.8, 4) is 0 Å². The Morgan fingerprint density at radius 2 is 1.37 bits per heavy atom. The monoisotopic (exact) mass is 391 g/mol. The topological polar surface area (TPSA) is 90.6 Å². The molecule has 5 atom stereocenters. The van der Waals surface area contributed by atoms with Crippen LogP contribution in [0.3, 0.4) is 0 Å². The molecule has 0 fully saturated rings. The molecule has 0 bridgehead atoms. The summed E-state index contributed by atoms with van der Waals surface area (Å²) in [6, 6.07) is 0.349. The molecule has 0 aromatic heterocycles. The van der Waals surface area contributed by atoms with Gasteiger partial charge in [0, 0.05) is 11.5 Å². The number of quaternary nitrogens is 1. The van der Waals surface area contributed by atoms with Gasteiger partial charge in [-0.1, -0.05) is 26.7 Å². The van der Waals surface area contributed by atoms with E-state index in [1.54, 1.807) is 0 Å². The molecule has 0 aromatic carbocycles. The molecule has 0 spiro atoms. The van der Waals surface area contributed by atoms with Crippen molar-refractivity contribution in [2.45, 2.75) is 91.5 Å². The van der Waals surface area contributed by atoms with Crippen LogP contribution in [-0.2, 0) is 18.9 Å². The summed E-state index contributed by atoms with van der Waals surface area (Å²) in [4.78, 5) is 0. The summed E-state index contributed by atoms with van der Waals surface area (Å²) in [6.45, 7) is 16.3. The van der Waals surface area contributed by atoms with Crippen LogP contribution in [0.25, 0.3) is 0 Å². The number of ether oxygens (including phenoxy) is 4. The predicted octanol–water partition coefficient (Wildman–Crippen LogP) is 2.39. The second kappa shape index (κ2) is 15.7. The Morgan fingerprint density at radius 3 is 1.78 bits per heavy atom. The number of unbranched alkanes of at least 4 members (excludes halogenated alkanes) is 1. The molecule has 6 heteroatoms. The fourth-order valence-corrected chi connectivity index (χ4v) is 2.74. The molecule has 0 rings (SSSR count). The molecule has 164 valence electrons. The first-order chi connectivity index (χ1) is 12.7. The lowest BCUT2D eigenvalue weighted by Crippen LogP contribution is -2.61. The third kappa shape index (κ3) is 14.4. The van der Waals surface area contributed by atoms with Crippen molar-refractivity contribution < 1.29 is 24.7 Å². The maximum absolute atomic E-state index is 6.04. The SMILES string of the molecule is CCCCC(CC)(COCC(C)OCC(C)N)COCC(C)OCC(C)[NH3+]. The van der Waals surface area contributed by atoms with Gasteiger partial charge in [0.25, 0.3) is 0 Å². The molecule has 6 nitrogen and oxygen atoms in total. The third-order valence-corrected chi connectivity index (χ3v) is 4.64. The van der Waals surface area contributed by atoms with Crippen LogP contribution in [0.15, 0.2) is 0 Å². The Labute approximate surface area is 167 Å². The van der Waals surface area contributed by atoms with Crippen molar-refractivity contribution in [2.24, 2.45) is 11.1 Å². The standard InChI is InChI=1S/C21H46N2O4/c1-7-9-10-21(8-2,15-24-13-19(5)26-11-17(3)22)16-25-14-20(6)27-12-18(4)23/h17-20H,7-16,22-23H2,1-6H3/p+1. The highest BCUT2D eigenvalue weighted by Crippen LogP contribution is 2.30. The minimum atomic E-state index is 0.0516. The number of nitrogens with two attached hydrogens (primary N) is 1. The zero-order valence-electron chi connectivity index (χ0n) is 18.8. The van der Waals surface area contributed by atoms with Crippen LogP contribution in [-0.4, -0.2) is 63.9 Å². The van der Waals surface area contributed by atoms with E-state index >= 15 is 0 Å². The molecule has 0 saturated heterocycles. The summed E-state index contributed by atoms with van der Waals surface area (Å²) in [5.74, 6) is 0. The molecule has 0 radical (unpaired) electrons. The van der Waals surface area contributed by atoms with E-state index in [2.05, 4.69) is 33.4 Å². The zero-order chi connectivity index (χ0) is 20.7. The van der Waals surface area contributed by atoms with Gasteiger partial charge < -0.3 is 30.4 Å². The highest BCUT2D eigenvalue weighted by atomic mass is 16.5. The van der Waals surface area contributed by atoms with E-state index < -0.39 is 0 Å². The molecule has 0 amide bonds. The molecule has 0 aromatic rings. The summed E-state index contributed by atoms with van der Waals surface area (Å²) >= 11 is 0. The smallest absolute Gasteiger partial charge is 0.105 e. The van der Waals surface area contributed by atoms with Gasteiger partial charge in [0.1, 0.15) is 6.04 Å². The van der Waals surface area contributed by atoms with Crippen LogP contribution in [0.1, 0.15) is 67.2 Å². The highest BCUT2D eigenvalue weighted by molar-refractivity contribution is 4.78. The van der Waals surface area contributed by atoms with Gasteiger partial charge in [-0.15, -0.1) is 0 Å². The minimum absolute atomic E-state index is 0.0516. The van der Waals surface area contributed by atoms with Gasteiger partial charge >= 0.3 is 0 Å². The van der Waals surface area contributed by atoms with E-state index in [9.17, 15) is 0 Å². The summed E-state index contributed by atoms with van der Waals surface area (Å²) in [7, 11) is 0. The molecule has 0 aliphatic rings. The zero-order valence-corrected chi connectivity index (χ0v) is 18.8. The van der Waals surface area contributed by atoms with E-state index in [1.807, 2.05) is 13.8 Å². The number of hydrogen-bond donors (Lipinski definition) is 2. The molecule has 5 unspecified atom stereocenters. The van der Waals surface area contributed by atoms with Crippen molar-refractivity contribution >= 4 is 0 Å². The molecular formula is C21H47N2O4+. The molecular weight excluding hydrogens is 344 g/mol. The molecule has 27 heavy (non-hydrogen) atoms. The first-order valence-electron chi connectivity index (χ1n) is 10.7. The van der Waals surface area contributed by atoms with Crippen molar-refractivity contribution in [1.82, 2.24) is 0 Å². The highest BCUT2D eigenvalue weighted by Gasteiger charge is 2.29. The third-order valence-electron chi connectivity index (χ3n) is 4.64. The quantitative estimate of drug-likeness (QED) is 0.374. The molecule has 0 heterocycles. The summed E-state index contributed by atoms with van der Waals surface area (Å²) < 4.78 is 23.5. The Morgan fingerprint density at radius 1 is 0.852 bits per heavy atom. The largest absolute Gasteiger partial charge is 0.378 e. The van der Waals surface area contributed by atoms with Gasteiger partial charge in [-0.25, -0.2) is 0 Å². The van der Waals surface area contributed by atoms with Crippen molar-refractivity contribution in [1.29, 1.82) is 0 Å². The second-order valence-corrected chi connectivity index (χ2v) is 8.36. The summed E-state index contributed by atoms with van der Waals surface area (Å²) in [5, 5.41) is 0. The van der Waals surface area contributed by atoms with E-state index in [1.165, 1.54) is 12.8 Å². The predicted molar refractivity (Wildman–Crippen MR) is 111 cm³/mol. The van der Waals surface area contributed by atoms with E-state index in [0.29, 0.717) is 45.7 Å². The Balaban J connectivity index is 4.40. The number of hydrogen-bond acceptors (Lipinski definition) is 5. The van der Waals surface area contributed by atoms with Gasteiger partial charge in [0.05, 0.1) is 51.8 Å². The van der Waals surface area contributed by atoms with Crippen LogP contribution in [0.5, 0.6) is 0 Å². The lowest BCUT2D eigenvalue weighted by Gasteiger charge is -2.33. The average Bonchev–Trinajstić information content (AvgIpc) is 2.62. The fourth-order valence-electron chi connectivity index (χ4n) is 2.74. The maximum atomic E-state index is 6.04. The minimum Gasteiger partial charge on any atom is -0.378 e. The molecule has 0 aliphatic carbocycles. The first kappa shape index (κ1) is 26.8. The van der Waals surface area contributed by atoms with Gasteiger partial charge in [-0.2, -0.15) is 0 Å². The van der Waals surface area contributed by atoms with Crippen molar-refractivity contribution in [3.63, 3.8) is 0 Å². The van der Waals surface area contributed by atoms with Gasteiger partial charge in [0.15, 0.2) is 0 Å². The van der Waals surface area contributed by atoms with Crippen LogP contribution in [0, 0.1) is 5.41 Å². The van der Waals surface area contributed by atoms with Gasteiger partial charge in [-0.05, 0) is 40.5 Å². The van der Waals surface area contributed by atoms with E-state index in [0.717, 1.165) is 12.8 Å². The summed E-state index contributed by atoms with van der Waals surface area (Å²) in [5.41, 5.74) is 9.74. The Kier molecular flexibility index (Phi) is 15.5. The van der Waals surface area contributed by atoms with Crippen LogP contribution < -0.4 is 11.5 Å². The lowest BCUT2D eigenvalue weighted by molar-refractivity contribution is -0.422. The second-order valence-electron chi connectivity index (χ2n) is 8.36. The molecule has 0 saturated carbocycles. The normalized spacial score (nSPS) is 18.7. The van der Waals surface area contributed by atoms with Crippen LogP contribution in [0.4, 0.5) is 0 Å². The van der Waals surface area contributed by atoms with E-state index in [4.69, 9.17) is 24.7 Å². The fraction of sp³-hybridized carbons (Fsp3) is 1.00. The molecule has 0 aliphatic heterocycles. The maximum Gasteiger partial charge on any atom is 0.105 e. The van der Waals surface area contributed by atoms with Gasteiger partial charge in [0.2, 0.25) is 0 Å². The average molecular weight is 392 g/mol. The Hall–Kier alpha value is -0.240. The first-order valence-corrected chi connectivity index (χ1v) is 10.7.